The molecule has 2 rings (SSSR count). The molecular weight excluding hydrogens is 332 g/mol. The lowest BCUT2D eigenvalue weighted by molar-refractivity contribution is -0.384. The first-order valence-corrected chi connectivity index (χ1v) is 7.37. The van der Waals surface area contributed by atoms with Crippen LogP contribution in [0.15, 0.2) is 15.9 Å². The molecule has 0 saturated heterocycles. The third-order valence-corrected chi connectivity index (χ3v) is 4.36. The number of aromatic nitrogens is 2. The van der Waals surface area contributed by atoms with Crippen molar-refractivity contribution in [3.05, 3.63) is 36.6 Å². The average Bonchev–Trinajstić information content (AvgIpc) is 2.90. The van der Waals surface area contributed by atoms with Crippen LogP contribution in [-0.2, 0) is 20.0 Å². The van der Waals surface area contributed by atoms with Crippen molar-refractivity contribution >= 4 is 38.8 Å². The van der Waals surface area contributed by atoms with Crippen LogP contribution in [0.5, 0.6) is 0 Å². The van der Waals surface area contributed by atoms with Crippen LogP contribution in [0.3, 0.4) is 0 Å². The van der Waals surface area contributed by atoms with E-state index in [1.54, 1.807) is 18.4 Å². The Balaban J connectivity index is 2.24. The molecule has 0 aliphatic rings. The van der Waals surface area contributed by atoms with E-state index in [0.29, 0.717) is 24.5 Å². The summed E-state index contributed by atoms with van der Waals surface area (Å²) in [5, 5.41) is 20.4. The molecule has 0 aliphatic heterocycles. The lowest BCUT2D eigenvalue weighted by Crippen LogP contribution is -2.05. The van der Waals surface area contributed by atoms with E-state index >= 15 is 0 Å². The largest absolute Gasteiger partial charge is 0.360 e. The summed E-state index contributed by atoms with van der Waals surface area (Å²) in [6.45, 7) is 2.40. The summed E-state index contributed by atoms with van der Waals surface area (Å²) in [7, 11) is 1.71. The van der Waals surface area contributed by atoms with Crippen molar-refractivity contribution in [2.45, 2.75) is 19.9 Å². The summed E-state index contributed by atoms with van der Waals surface area (Å²) in [5.74, 6) is 0.450. The van der Waals surface area contributed by atoms with Gasteiger partial charge in [-0.3, -0.25) is 10.1 Å². The first-order valence-electron chi connectivity index (χ1n) is 5.70. The van der Waals surface area contributed by atoms with Crippen LogP contribution < -0.4 is 5.32 Å². The average molecular weight is 345 g/mol. The highest BCUT2D eigenvalue weighted by Gasteiger charge is 2.25. The van der Waals surface area contributed by atoms with E-state index in [2.05, 4.69) is 26.3 Å². The molecule has 0 aliphatic carbocycles. The molecule has 0 spiro atoms. The smallest absolute Gasteiger partial charge is 0.333 e. The van der Waals surface area contributed by atoms with Gasteiger partial charge >= 0.3 is 5.69 Å². The minimum Gasteiger partial charge on any atom is -0.360 e. The molecule has 102 valence electrons. The first-order chi connectivity index (χ1) is 9.02. The number of aryl methyl sites for hydroxylation is 2. The van der Waals surface area contributed by atoms with Crippen molar-refractivity contribution in [3.63, 3.8) is 0 Å². The van der Waals surface area contributed by atoms with Crippen LogP contribution in [0.25, 0.3) is 0 Å². The molecule has 0 bridgehead atoms. The molecule has 2 heterocycles. The van der Waals surface area contributed by atoms with Crippen LogP contribution >= 0.6 is 27.3 Å². The molecule has 0 fully saturated rings. The van der Waals surface area contributed by atoms with E-state index in [0.717, 1.165) is 9.35 Å². The fraction of sp³-hybridized carbons (Fsp3) is 0.364. The maximum absolute atomic E-state index is 11.1. The highest BCUT2D eigenvalue weighted by molar-refractivity contribution is 9.10. The Morgan fingerprint density at radius 2 is 2.37 bits per heavy atom. The highest BCUT2D eigenvalue weighted by Crippen LogP contribution is 2.29. The van der Waals surface area contributed by atoms with Gasteiger partial charge in [-0.1, -0.05) is 6.92 Å². The van der Waals surface area contributed by atoms with E-state index < -0.39 is 0 Å². The fourth-order valence-electron chi connectivity index (χ4n) is 1.81. The molecule has 1 N–H and O–H groups in total. The minimum atomic E-state index is -0.376. The molecular formula is C11H13BrN4O2S. The van der Waals surface area contributed by atoms with Crippen LogP contribution in [0.1, 0.15) is 17.5 Å². The van der Waals surface area contributed by atoms with Crippen molar-refractivity contribution in [3.8, 4) is 0 Å². The number of halogens is 1. The van der Waals surface area contributed by atoms with E-state index in [1.807, 2.05) is 18.4 Å². The molecule has 0 atom stereocenters. The van der Waals surface area contributed by atoms with Gasteiger partial charge in [0.15, 0.2) is 0 Å². The maximum atomic E-state index is 11.1. The SMILES string of the molecule is CCc1nn(C)c(NCc2cc(Br)cs2)c1[N+](=O)[O-]. The van der Waals surface area contributed by atoms with Crippen molar-refractivity contribution in [2.24, 2.45) is 7.05 Å². The Kier molecular flexibility index (Phi) is 4.20. The summed E-state index contributed by atoms with van der Waals surface area (Å²) in [5.41, 5.74) is 0.572. The summed E-state index contributed by atoms with van der Waals surface area (Å²) >= 11 is 4.98. The lowest BCUT2D eigenvalue weighted by atomic mass is 10.3. The van der Waals surface area contributed by atoms with E-state index in [4.69, 9.17) is 0 Å². The normalized spacial score (nSPS) is 10.7. The van der Waals surface area contributed by atoms with Crippen molar-refractivity contribution in [1.29, 1.82) is 0 Å². The number of nitro groups is 1. The molecule has 0 unspecified atom stereocenters. The van der Waals surface area contributed by atoms with E-state index in [-0.39, 0.29) is 10.6 Å². The monoisotopic (exact) mass is 344 g/mol. The Hall–Kier alpha value is -1.41. The third-order valence-electron chi connectivity index (χ3n) is 2.66. The number of thiophene rings is 1. The van der Waals surface area contributed by atoms with Crippen LogP contribution in [0.2, 0.25) is 0 Å². The fourth-order valence-corrected chi connectivity index (χ4v) is 3.20. The van der Waals surface area contributed by atoms with Gasteiger partial charge in [0.1, 0.15) is 5.69 Å². The van der Waals surface area contributed by atoms with Crippen LogP contribution in [0.4, 0.5) is 11.5 Å². The lowest BCUT2D eigenvalue weighted by Gasteiger charge is -2.04. The second-order valence-corrected chi connectivity index (χ2v) is 5.87. The molecule has 6 nitrogen and oxygen atoms in total. The Bertz CT molecular complexity index is 608. The predicted octanol–water partition coefficient (Wildman–Crippen LogP) is 3.33. The van der Waals surface area contributed by atoms with Crippen molar-refractivity contribution in [1.82, 2.24) is 9.78 Å². The Morgan fingerprint density at radius 1 is 1.63 bits per heavy atom. The quantitative estimate of drug-likeness (QED) is 0.666. The number of nitrogens with zero attached hydrogens (tertiary/aromatic N) is 3. The van der Waals surface area contributed by atoms with Crippen LogP contribution in [-0.4, -0.2) is 14.7 Å². The third kappa shape index (κ3) is 2.95. The predicted molar refractivity (Wildman–Crippen MR) is 78.6 cm³/mol. The molecule has 2 aromatic heterocycles. The van der Waals surface area contributed by atoms with E-state index in [9.17, 15) is 10.1 Å². The number of nitrogens with one attached hydrogen (secondary N) is 1. The van der Waals surface area contributed by atoms with Gasteiger partial charge in [0.05, 0.1) is 11.5 Å². The van der Waals surface area contributed by atoms with Gasteiger partial charge in [-0.2, -0.15) is 5.10 Å². The Labute approximate surface area is 122 Å². The standard InChI is InChI=1S/C11H13BrN4O2S/c1-3-9-10(16(17)18)11(15(2)14-9)13-5-8-4-7(12)6-19-8/h4,6,13H,3,5H2,1-2H3. The zero-order valence-corrected chi connectivity index (χ0v) is 12.9. The van der Waals surface area contributed by atoms with Crippen LogP contribution in [0, 0.1) is 10.1 Å². The Morgan fingerprint density at radius 3 is 2.89 bits per heavy atom. The van der Waals surface area contributed by atoms with Crippen molar-refractivity contribution in [2.75, 3.05) is 5.32 Å². The molecule has 19 heavy (non-hydrogen) atoms. The summed E-state index contributed by atoms with van der Waals surface area (Å²) in [6, 6.07) is 1.99. The summed E-state index contributed by atoms with van der Waals surface area (Å²) in [6.07, 6.45) is 0.538. The molecule has 2 aromatic rings. The molecule has 8 heteroatoms. The summed E-state index contributed by atoms with van der Waals surface area (Å²) in [4.78, 5) is 11.9. The van der Waals surface area contributed by atoms with Gasteiger partial charge in [-0.25, -0.2) is 4.68 Å². The van der Waals surface area contributed by atoms with Gasteiger partial charge in [-0.05, 0) is 28.4 Å². The second kappa shape index (κ2) is 5.70. The minimum absolute atomic E-state index is 0.0700. The highest BCUT2D eigenvalue weighted by atomic mass is 79.9. The topological polar surface area (TPSA) is 73.0 Å². The molecule has 0 radical (unpaired) electrons. The van der Waals surface area contributed by atoms with E-state index in [1.165, 1.54) is 4.68 Å². The molecule has 0 amide bonds. The molecule has 0 saturated carbocycles. The van der Waals surface area contributed by atoms with Gasteiger partial charge < -0.3 is 5.32 Å². The zero-order chi connectivity index (χ0) is 14.0. The van der Waals surface area contributed by atoms with Crippen molar-refractivity contribution < 1.29 is 4.92 Å². The number of rotatable bonds is 5. The number of hydrogen-bond acceptors (Lipinski definition) is 5. The number of hydrogen-bond donors (Lipinski definition) is 1. The molecule has 0 aromatic carbocycles. The van der Waals surface area contributed by atoms with Gasteiger partial charge in [0.25, 0.3) is 0 Å². The van der Waals surface area contributed by atoms with Gasteiger partial charge in [0, 0.05) is 21.8 Å². The van der Waals surface area contributed by atoms with Gasteiger partial charge in [-0.15, -0.1) is 11.3 Å². The van der Waals surface area contributed by atoms with Gasteiger partial charge in [0.2, 0.25) is 5.82 Å². The summed E-state index contributed by atoms with van der Waals surface area (Å²) < 4.78 is 2.54. The number of anilines is 1. The second-order valence-electron chi connectivity index (χ2n) is 3.96. The zero-order valence-electron chi connectivity index (χ0n) is 10.5. The first kappa shape index (κ1) is 14.0. The maximum Gasteiger partial charge on any atom is 0.333 e.